The third-order valence-corrected chi connectivity index (χ3v) is 1.93. The van der Waals surface area contributed by atoms with Crippen LogP contribution in [0.3, 0.4) is 0 Å². The van der Waals surface area contributed by atoms with E-state index in [1.54, 1.807) is 0 Å². The van der Waals surface area contributed by atoms with Crippen molar-refractivity contribution >= 4 is 11.9 Å². The molecule has 1 aromatic rings. The van der Waals surface area contributed by atoms with E-state index >= 15 is 0 Å². The van der Waals surface area contributed by atoms with Crippen LogP contribution >= 0.6 is 0 Å². The van der Waals surface area contributed by atoms with Gasteiger partial charge in [0.2, 0.25) is 5.76 Å². The van der Waals surface area contributed by atoms with Crippen LogP contribution in [0.1, 0.15) is 30.8 Å². The van der Waals surface area contributed by atoms with E-state index < -0.39 is 18.0 Å². The zero-order valence-electron chi connectivity index (χ0n) is 9.17. The Morgan fingerprint density at radius 3 is 2.62 bits per heavy atom. The number of carboxylic acids is 1. The highest BCUT2D eigenvalue weighted by molar-refractivity contribution is 5.88. The number of rotatable bonds is 5. The molecule has 88 valence electrons. The van der Waals surface area contributed by atoms with Crippen molar-refractivity contribution in [3.05, 3.63) is 24.2 Å². The Morgan fingerprint density at radius 1 is 1.50 bits per heavy atom. The summed E-state index contributed by atoms with van der Waals surface area (Å²) in [5.41, 5.74) is 0. The van der Waals surface area contributed by atoms with Gasteiger partial charge in [0.1, 0.15) is 0 Å². The van der Waals surface area contributed by atoms with E-state index in [0.717, 1.165) is 0 Å². The van der Waals surface area contributed by atoms with Crippen LogP contribution in [0.25, 0.3) is 0 Å². The molecular weight excluding hydrogens is 212 g/mol. The standard InChI is InChI=1S/C11H14O5/c1-7(2)6-9(10(12)13)16-11(14)8-4-3-5-15-8/h3-5,7,9H,6H2,1-2H3,(H,12,13)/t9-/m1/s1. The van der Waals surface area contributed by atoms with Crippen LogP contribution in [0.15, 0.2) is 22.8 Å². The highest BCUT2D eigenvalue weighted by atomic mass is 16.6. The number of carboxylic acid groups (broad SMARTS) is 1. The smallest absolute Gasteiger partial charge is 0.375 e. The van der Waals surface area contributed by atoms with Gasteiger partial charge in [-0.15, -0.1) is 0 Å². The van der Waals surface area contributed by atoms with Crippen LogP contribution in [0.5, 0.6) is 0 Å². The van der Waals surface area contributed by atoms with Crippen molar-refractivity contribution in [2.45, 2.75) is 26.4 Å². The van der Waals surface area contributed by atoms with Crippen LogP contribution < -0.4 is 0 Å². The van der Waals surface area contributed by atoms with Crippen molar-refractivity contribution in [2.75, 3.05) is 0 Å². The summed E-state index contributed by atoms with van der Waals surface area (Å²) in [7, 11) is 0. The van der Waals surface area contributed by atoms with E-state index in [2.05, 4.69) is 0 Å². The molecule has 0 amide bonds. The zero-order chi connectivity index (χ0) is 12.1. The molecule has 1 heterocycles. The zero-order valence-corrected chi connectivity index (χ0v) is 9.17. The maximum atomic E-state index is 11.4. The van der Waals surface area contributed by atoms with Gasteiger partial charge in [-0.25, -0.2) is 9.59 Å². The van der Waals surface area contributed by atoms with E-state index in [-0.39, 0.29) is 18.1 Å². The predicted octanol–water partition coefficient (Wildman–Crippen LogP) is 1.94. The molecule has 0 bridgehead atoms. The molecule has 0 aliphatic rings. The van der Waals surface area contributed by atoms with Crippen LogP contribution in [-0.4, -0.2) is 23.1 Å². The lowest BCUT2D eigenvalue weighted by molar-refractivity contribution is -0.148. The number of hydrogen-bond acceptors (Lipinski definition) is 4. The second kappa shape index (κ2) is 5.34. The van der Waals surface area contributed by atoms with Gasteiger partial charge in [-0.2, -0.15) is 0 Å². The van der Waals surface area contributed by atoms with Crippen molar-refractivity contribution in [1.82, 2.24) is 0 Å². The van der Waals surface area contributed by atoms with Crippen LogP contribution in [0.4, 0.5) is 0 Å². The summed E-state index contributed by atoms with van der Waals surface area (Å²) in [6.07, 6.45) is 0.481. The number of carbonyl (C=O) groups excluding carboxylic acids is 1. The first kappa shape index (κ1) is 12.3. The maximum Gasteiger partial charge on any atom is 0.375 e. The fraction of sp³-hybridized carbons (Fsp3) is 0.455. The lowest BCUT2D eigenvalue weighted by atomic mass is 10.1. The average Bonchev–Trinajstić information content (AvgIpc) is 2.68. The first-order chi connectivity index (χ1) is 7.50. The molecule has 1 aromatic heterocycles. The molecule has 0 aliphatic heterocycles. The molecule has 0 saturated heterocycles. The molecule has 1 rings (SSSR count). The monoisotopic (exact) mass is 226 g/mol. The second-order valence-corrected chi connectivity index (χ2v) is 3.84. The minimum atomic E-state index is -1.14. The van der Waals surface area contributed by atoms with Gasteiger partial charge in [0, 0.05) is 0 Å². The van der Waals surface area contributed by atoms with Crippen molar-refractivity contribution in [1.29, 1.82) is 0 Å². The van der Waals surface area contributed by atoms with Crippen LogP contribution in [0.2, 0.25) is 0 Å². The summed E-state index contributed by atoms with van der Waals surface area (Å²) in [5.74, 6) is -1.76. The summed E-state index contributed by atoms with van der Waals surface area (Å²) in [6.45, 7) is 3.72. The minimum Gasteiger partial charge on any atom is -0.479 e. The Labute approximate surface area is 93.0 Å². The Kier molecular flexibility index (Phi) is 4.10. The maximum absolute atomic E-state index is 11.4. The Morgan fingerprint density at radius 2 is 2.19 bits per heavy atom. The Balaban J connectivity index is 2.62. The largest absolute Gasteiger partial charge is 0.479 e. The van der Waals surface area contributed by atoms with Crippen molar-refractivity contribution in [3.63, 3.8) is 0 Å². The van der Waals surface area contributed by atoms with E-state index in [1.807, 2.05) is 13.8 Å². The molecule has 1 atom stereocenters. The quantitative estimate of drug-likeness (QED) is 0.776. The van der Waals surface area contributed by atoms with Crippen LogP contribution in [0, 0.1) is 5.92 Å². The second-order valence-electron chi connectivity index (χ2n) is 3.84. The highest BCUT2D eigenvalue weighted by Gasteiger charge is 2.24. The lowest BCUT2D eigenvalue weighted by Crippen LogP contribution is -2.28. The summed E-state index contributed by atoms with van der Waals surface area (Å²) in [4.78, 5) is 22.3. The van der Waals surface area contributed by atoms with Gasteiger partial charge < -0.3 is 14.3 Å². The minimum absolute atomic E-state index is 0.00926. The van der Waals surface area contributed by atoms with Crippen molar-refractivity contribution in [2.24, 2.45) is 5.92 Å². The Hall–Kier alpha value is -1.78. The fourth-order valence-electron chi connectivity index (χ4n) is 1.21. The van der Waals surface area contributed by atoms with Gasteiger partial charge in [-0.3, -0.25) is 0 Å². The molecular formula is C11H14O5. The van der Waals surface area contributed by atoms with Gasteiger partial charge >= 0.3 is 11.9 Å². The van der Waals surface area contributed by atoms with Gasteiger partial charge in [0.15, 0.2) is 6.10 Å². The molecule has 0 spiro atoms. The molecule has 0 radical (unpaired) electrons. The number of carbonyl (C=O) groups is 2. The third kappa shape index (κ3) is 3.42. The predicted molar refractivity (Wildman–Crippen MR) is 55.0 cm³/mol. The lowest BCUT2D eigenvalue weighted by Gasteiger charge is -2.14. The van der Waals surface area contributed by atoms with E-state index in [0.29, 0.717) is 0 Å². The molecule has 0 unspecified atom stereocenters. The molecule has 16 heavy (non-hydrogen) atoms. The van der Waals surface area contributed by atoms with Gasteiger partial charge in [-0.05, 0) is 24.5 Å². The molecule has 0 aromatic carbocycles. The SMILES string of the molecule is CC(C)C[C@@H](OC(=O)c1ccco1)C(=O)O. The summed E-state index contributed by atoms with van der Waals surface area (Å²) in [6, 6.07) is 2.96. The van der Waals surface area contributed by atoms with Gasteiger partial charge in [0.25, 0.3) is 0 Å². The van der Waals surface area contributed by atoms with Crippen molar-refractivity contribution < 1.29 is 23.8 Å². The number of hydrogen-bond donors (Lipinski definition) is 1. The van der Waals surface area contributed by atoms with Crippen LogP contribution in [-0.2, 0) is 9.53 Å². The van der Waals surface area contributed by atoms with Crippen molar-refractivity contribution in [3.8, 4) is 0 Å². The van der Waals surface area contributed by atoms with E-state index in [1.165, 1.54) is 18.4 Å². The van der Waals surface area contributed by atoms with E-state index in [4.69, 9.17) is 14.3 Å². The first-order valence-corrected chi connectivity index (χ1v) is 4.98. The number of ether oxygens (including phenoxy) is 1. The third-order valence-electron chi connectivity index (χ3n) is 1.93. The molecule has 5 heteroatoms. The number of furan rings is 1. The average molecular weight is 226 g/mol. The summed E-state index contributed by atoms with van der Waals surface area (Å²) in [5, 5.41) is 8.86. The summed E-state index contributed by atoms with van der Waals surface area (Å²) < 4.78 is 9.65. The van der Waals surface area contributed by atoms with Gasteiger partial charge in [-0.1, -0.05) is 13.8 Å². The highest BCUT2D eigenvalue weighted by Crippen LogP contribution is 2.12. The summed E-state index contributed by atoms with van der Waals surface area (Å²) >= 11 is 0. The molecule has 0 saturated carbocycles. The number of esters is 1. The van der Waals surface area contributed by atoms with Gasteiger partial charge in [0.05, 0.1) is 6.26 Å². The molecule has 1 N–H and O–H groups in total. The number of aliphatic carboxylic acids is 1. The Bertz CT molecular complexity index is 352. The normalized spacial score (nSPS) is 12.4. The fourth-order valence-corrected chi connectivity index (χ4v) is 1.21. The topological polar surface area (TPSA) is 76.7 Å². The molecule has 5 nitrogen and oxygen atoms in total. The molecule has 0 fully saturated rings. The first-order valence-electron chi connectivity index (χ1n) is 4.98. The van der Waals surface area contributed by atoms with E-state index in [9.17, 15) is 9.59 Å². The molecule has 0 aliphatic carbocycles.